The van der Waals surface area contributed by atoms with Crippen molar-refractivity contribution < 1.29 is 4.79 Å². The van der Waals surface area contributed by atoms with Gasteiger partial charge in [0.2, 0.25) is 5.91 Å². The first-order chi connectivity index (χ1) is 6.88. The molecule has 1 aromatic heterocycles. The fraction of sp³-hybridized carbons (Fsp3) is 0.545. The number of hydrogen-bond acceptors (Lipinski definition) is 1. The number of carbonyl (C=O) groups is 1. The molecule has 4 heteroatoms. The van der Waals surface area contributed by atoms with Gasteiger partial charge in [0.05, 0.1) is 5.41 Å². The monoisotopic (exact) mass is 228 g/mol. The molecule has 0 unspecified atom stereocenters. The van der Waals surface area contributed by atoms with Gasteiger partial charge in [0.1, 0.15) is 0 Å². The first kappa shape index (κ1) is 12.1. The molecule has 0 aromatic carbocycles. The van der Waals surface area contributed by atoms with Gasteiger partial charge in [0.25, 0.3) is 0 Å². The Bertz CT molecular complexity index is 349. The van der Waals surface area contributed by atoms with E-state index in [1.165, 1.54) is 0 Å². The van der Waals surface area contributed by atoms with Crippen LogP contribution in [0.2, 0.25) is 0 Å². The zero-order valence-corrected chi connectivity index (χ0v) is 10.4. The molecule has 0 fully saturated rings. The molecule has 0 bridgehead atoms. The van der Waals surface area contributed by atoms with Gasteiger partial charge in [-0.15, -0.1) is 11.6 Å². The Morgan fingerprint density at radius 2 is 1.87 bits per heavy atom. The fourth-order valence-electron chi connectivity index (χ4n) is 1.16. The van der Waals surface area contributed by atoms with Gasteiger partial charge in [-0.25, -0.2) is 0 Å². The zero-order valence-electron chi connectivity index (χ0n) is 9.60. The molecule has 1 N–H and O–H groups in total. The van der Waals surface area contributed by atoms with Crippen molar-refractivity contribution >= 4 is 17.5 Å². The van der Waals surface area contributed by atoms with Crippen molar-refractivity contribution in [3.05, 3.63) is 23.5 Å². The second kappa shape index (κ2) is 4.27. The number of nitrogens with zero attached hydrogens (tertiary/aromatic N) is 1. The number of hydrogen-bond donors (Lipinski definition) is 1. The normalized spacial score (nSPS) is 11.5. The first-order valence-electron chi connectivity index (χ1n) is 4.91. The maximum Gasteiger partial charge on any atom is 0.245 e. The minimum absolute atomic E-state index is 0.0695. The molecular weight excluding hydrogens is 212 g/mol. The van der Waals surface area contributed by atoms with E-state index in [2.05, 4.69) is 5.43 Å². The molecule has 0 atom stereocenters. The Balaban J connectivity index is 2.84. The highest BCUT2D eigenvalue weighted by Gasteiger charge is 2.27. The Labute approximate surface area is 95.4 Å². The predicted molar refractivity (Wildman–Crippen MR) is 62.8 cm³/mol. The molecule has 0 saturated heterocycles. The van der Waals surface area contributed by atoms with Crippen LogP contribution in [0.25, 0.3) is 0 Å². The van der Waals surface area contributed by atoms with Crippen LogP contribution in [0.3, 0.4) is 0 Å². The third-order valence-electron chi connectivity index (χ3n) is 2.43. The van der Waals surface area contributed by atoms with Crippen LogP contribution in [0.4, 0.5) is 0 Å². The third-order valence-corrected chi connectivity index (χ3v) is 3.10. The minimum Gasteiger partial charge on any atom is -0.273 e. The average molecular weight is 229 g/mol. The summed E-state index contributed by atoms with van der Waals surface area (Å²) >= 11 is 5.74. The van der Waals surface area contributed by atoms with Crippen LogP contribution in [0.5, 0.6) is 0 Å². The highest BCUT2D eigenvalue weighted by Crippen LogP contribution is 2.18. The molecule has 15 heavy (non-hydrogen) atoms. The molecule has 0 saturated carbocycles. The summed E-state index contributed by atoms with van der Waals surface area (Å²) in [6, 6.07) is 3.92. The van der Waals surface area contributed by atoms with Crippen molar-refractivity contribution in [1.29, 1.82) is 0 Å². The van der Waals surface area contributed by atoms with E-state index in [0.717, 1.165) is 11.4 Å². The lowest BCUT2D eigenvalue weighted by Gasteiger charge is -2.22. The SMILES string of the molecule is Cc1ccc(C)n1NC(=O)C(C)(C)CCl. The number of aryl methyl sites for hydroxylation is 2. The molecule has 1 aromatic rings. The van der Waals surface area contributed by atoms with Crippen molar-refractivity contribution in [2.75, 3.05) is 11.3 Å². The summed E-state index contributed by atoms with van der Waals surface area (Å²) in [5.74, 6) is 0.234. The Morgan fingerprint density at radius 3 is 2.27 bits per heavy atom. The van der Waals surface area contributed by atoms with Crippen molar-refractivity contribution in [3.63, 3.8) is 0 Å². The average Bonchev–Trinajstić information content (AvgIpc) is 2.49. The van der Waals surface area contributed by atoms with E-state index in [9.17, 15) is 4.79 Å². The van der Waals surface area contributed by atoms with Crippen molar-refractivity contribution in [2.24, 2.45) is 5.41 Å². The summed E-state index contributed by atoms with van der Waals surface area (Å²) in [4.78, 5) is 11.9. The number of nitrogens with one attached hydrogen (secondary N) is 1. The van der Waals surface area contributed by atoms with Crippen molar-refractivity contribution in [1.82, 2.24) is 4.68 Å². The summed E-state index contributed by atoms with van der Waals surface area (Å²) < 4.78 is 1.77. The number of rotatable bonds is 3. The molecular formula is C11H17ClN2O. The topological polar surface area (TPSA) is 34.0 Å². The molecule has 1 amide bonds. The lowest BCUT2D eigenvalue weighted by molar-refractivity contribution is -0.124. The third kappa shape index (κ3) is 2.53. The highest BCUT2D eigenvalue weighted by molar-refractivity contribution is 6.20. The number of alkyl halides is 1. The van der Waals surface area contributed by atoms with E-state index in [0.29, 0.717) is 5.88 Å². The minimum atomic E-state index is -0.551. The lowest BCUT2D eigenvalue weighted by Crippen LogP contribution is -2.37. The summed E-state index contributed by atoms with van der Waals surface area (Å²) in [7, 11) is 0. The van der Waals surface area contributed by atoms with Crippen LogP contribution >= 0.6 is 11.6 Å². The van der Waals surface area contributed by atoms with Gasteiger partial charge in [0, 0.05) is 17.3 Å². The second-order valence-corrected chi connectivity index (χ2v) is 4.68. The number of halogens is 1. The van der Waals surface area contributed by atoms with Crippen LogP contribution in [0, 0.1) is 19.3 Å². The highest BCUT2D eigenvalue weighted by atomic mass is 35.5. The number of aromatic nitrogens is 1. The van der Waals surface area contributed by atoms with Crippen LogP contribution in [0.15, 0.2) is 12.1 Å². The maximum absolute atomic E-state index is 11.9. The van der Waals surface area contributed by atoms with Crippen molar-refractivity contribution in [2.45, 2.75) is 27.7 Å². The van der Waals surface area contributed by atoms with E-state index >= 15 is 0 Å². The van der Waals surface area contributed by atoms with E-state index in [1.54, 1.807) is 4.68 Å². The summed E-state index contributed by atoms with van der Waals surface area (Å²) in [5, 5.41) is 0. The summed E-state index contributed by atoms with van der Waals surface area (Å²) in [6.45, 7) is 7.54. The molecule has 1 heterocycles. The summed E-state index contributed by atoms with van der Waals surface area (Å²) in [6.07, 6.45) is 0. The van der Waals surface area contributed by atoms with E-state index < -0.39 is 5.41 Å². The van der Waals surface area contributed by atoms with Gasteiger partial charge in [0.15, 0.2) is 0 Å². The second-order valence-electron chi connectivity index (χ2n) is 4.41. The van der Waals surface area contributed by atoms with Gasteiger partial charge in [-0.3, -0.25) is 14.9 Å². The maximum atomic E-state index is 11.9. The van der Waals surface area contributed by atoms with Gasteiger partial charge in [-0.05, 0) is 39.8 Å². The number of carbonyl (C=O) groups excluding carboxylic acids is 1. The van der Waals surface area contributed by atoms with E-state index in [-0.39, 0.29) is 5.91 Å². The number of amides is 1. The predicted octanol–water partition coefficient (Wildman–Crippen LogP) is 2.44. The molecule has 1 rings (SSSR count). The largest absolute Gasteiger partial charge is 0.273 e. The van der Waals surface area contributed by atoms with Gasteiger partial charge in [-0.1, -0.05) is 0 Å². The quantitative estimate of drug-likeness (QED) is 0.793. The molecule has 84 valence electrons. The molecule has 0 spiro atoms. The standard InChI is InChI=1S/C11H17ClN2O/c1-8-5-6-9(2)14(8)13-10(15)11(3,4)7-12/h5-6H,7H2,1-4H3,(H,13,15). The first-order valence-corrected chi connectivity index (χ1v) is 5.44. The Hall–Kier alpha value is -0.960. The van der Waals surface area contributed by atoms with Crippen LogP contribution in [-0.4, -0.2) is 16.5 Å². The van der Waals surface area contributed by atoms with E-state index in [4.69, 9.17) is 11.6 Å². The smallest absolute Gasteiger partial charge is 0.245 e. The zero-order chi connectivity index (χ0) is 11.6. The van der Waals surface area contributed by atoms with Crippen LogP contribution in [0.1, 0.15) is 25.2 Å². The molecule has 3 nitrogen and oxygen atoms in total. The fourth-order valence-corrected chi connectivity index (χ4v) is 1.28. The van der Waals surface area contributed by atoms with Crippen LogP contribution < -0.4 is 5.43 Å². The molecule has 0 aliphatic carbocycles. The van der Waals surface area contributed by atoms with Gasteiger partial charge >= 0.3 is 0 Å². The Kier molecular flexibility index (Phi) is 3.45. The van der Waals surface area contributed by atoms with Gasteiger partial charge in [-0.2, -0.15) is 0 Å². The Morgan fingerprint density at radius 1 is 1.40 bits per heavy atom. The molecule has 0 radical (unpaired) electrons. The molecule has 0 aliphatic heterocycles. The van der Waals surface area contributed by atoms with Gasteiger partial charge < -0.3 is 0 Å². The van der Waals surface area contributed by atoms with E-state index in [1.807, 2.05) is 39.8 Å². The van der Waals surface area contributed by atoms with Crippen molar-refractivity contribution in [3.8, 4) is 0 Å². The van der Waals surface area contributed by atoms with Crippen LogP contribution in [-0.2, 0) is 4.79 Å². The molecule has 0 aliphatic rings. The summed E-state index contributed by atoms with van der Waals surface area (Å²) in [5.41, 5.74) is 4.30. The lowest BCUT2D eigenvalue weighted by atomic mass is 9.96.